The highest BCUT2D eigenvalue weighted by atomic mass is 35.5. The van der Waals surface area contributed by atoms with Gasteiger partial charge in [-0.1, -0.05) is 23.7 Å². The minimum atomic E-state index is -3.98. The van der Waals surface area contributed by atoms with E-state index in [1.54, 1.807) is 38.1 Å². The molecular weight excluding hydrogens is 393 g/mol. The average Bonchev–Trinajstić information content (AvgIpc) is 2.97. The number of aromatic amines is 1. The van der Waals surface area contributed by atoms with E-state index in [2.05, 4.69) is 20.3 Å². The van der Waals surface area contributed by atoms with E-state index < -0.39 is 21.9 Å². The molecule has 0 aliphatic rings. The van der Waals surface area contributed by atoms with Crippen molar-refractivity contribution in [3.05, 3.63) is 70.0 Å². The fourth-order valence-corrected chi connectivity index (χ4v) is 3.55. The highest BCUT2D eigenvalue weighted by Gasteiger charge is 2.24. The van der Waals surface area contributed by atoms with Crippen LogP contribution in [0.1, 0.15) is 28.8 Å². The van der Waals surface area contributed by atoms with Crippen molar-refractivity contribution in [2.45, 2.75) is 24.9 Å². The molecule has 0 saturated heterocycles. The van der Waals surface area contributed by atoms with Crippen molar-refractivity contribution >= 4 is 27.4 Å². The fraction of sp³-hybridized carbons (Fsp3) is 0.176. The average molecular weight is 410 g/mol. The number of halogens is 2. The molecule has 0 saturated carbocycles. The van der Waals surface area contributed by atoms with Crippen molar-refractivity contribution in [1.29, 1.82) is 0 Å². The lowest BCUT2D eigenvalue weighted by molar-refractivity contribution is 0.593. The third-order valence-electron chi connectivity index (χ3n) is 3.90. The van der Waals surface area contributed by atoms with Crippen molar-refractivity contribution in [2.24, 2.45) is 5.14 Å². The van der Waals surface area contributed by atoms with Crippen LogP contribution >= 0.6 is 11.6 Å². The summed E-state index contributed by atoms with van der Waals surface area (Å²) in [5.74, 6) is 0.276. The molecule has 0 amide bonds. The van der Waals surface area contributed by atoms with E-state index in [-0.39, 0.29) is 10.7 Å². The number of hydrogen-bond acceptors (Lipinski definition) is 5. The molecular formula is C17H17ClFN5O2S. The van der Waals surface area contributed by atoms with Crippen LogP contribution in [0.3, 0.4) is 0 Å². The number of aryl methyl sites for hydroxylation is 2. The van der Waals surface area contributed by atoms with E-state index in [4.69, 9.17) is 16.7 Å². The Morgan fingerprint density at radius 1 is 1.22 bits per heavy atom. The van der Waals surface area contributed by atoms with Crippen molar-refractivity contribution in [2.75, 3.05) is 5.32 Å². The monoisotopic (exact) mass is 409 g/mol. The maximum Gasteiger partial charge on any atom is 0.257 e. The quantitative estimate of drug-likeness (QED) is 0.599. The van der Waals surface area contributed by atoms with Gasteiger partial charge < -0.3 is 10.3 Å². The molecule has 0 bridgehead atoms. The summed E-state index contributed by atoms with van der Waals surface area (Å²) in [5, 5.41) is 8.61. The molecule has 0 aliphatic carbocycles. The van der Waals surface area contributed by atoms with Crippen LogP contribution in [0.4, 0.5) is 10.2 Å². The normalized spacial score (nSPS) is 12.8. The summed E-state index contributed by atoms with van der Waals surface area (Å²) in [6.45, 7) is 3.11. The van der Waals surface area contributed by atoms with Gasteiger partial charge >= 0.3 is 0 Å². The van der Waals surface area contributed by atoms with E-state index >= 15 is 0 Å². The van der Waals surface area contributed by atoms with Gasteiger partial charge in [-0.05, 0) is 43.7 Å². The number of benzene rings is 1. The molecule has 0 aliphatic heterocycles. The maximum absolute atomic E-state index is 13.5. The minimum absolute atomic E-state index is 0.227. The minimum Gasteiger partial charge on any atom is -0.356 e. The Bertz CT molecular complexity index is 1100. The van der Waals surface area contributed by atoms with Gasteiger partial charge in [0.1, 0.15) is 23.5 Å². The molecule has 0 spiro atoms. The summed E-state index contributed by atoms with van der Waals surface area (Å²) < 4.78 is 37.0. The van der Waals surface area contributed by atoms with Crippen LogP contribution in [0.25, 0.3) is 0 Å². The van der Waals surface area contributed by atoms with Gasteiger partial charge in [0, 0.05) is 5.02 Å². The van der Waals surface area contributed by atoms with Gasteiger partial charge in [-0.2, -0.15) is 0 Å². The maximum atomic E-state index is 13.5. The Balaban J connectivity index is 2.09. The standard InChI is InChI=1S/C17H17ClFN5O2S/c1-9-13(19)6-7-14(21-9)23-15(11-4-3-5-12(18)8-11)16-22-10(2)17(24-16)27(20,25)26/h3-8,15H,1-2H3,(H,21,23)(H,22,24)(H2,20,25,26). The van der Waals surface area contributed by atoms with Crippen molar-refractivity contribution < 1.29 is 12.8 Å². The fourth-order valence-electron chi connectivity index (χ4n) is 2.65. The van der Waals surface area contributed by atoms with E-state index in [1.807, 2.05) is 0 Å². The zero-order valence-electron chi connectivity index (χ0n) is 14.5. The van der Waals surface area contributed by atoms with Gasteiger partial charge in [-0.25, -0.2) is 27.9 Å². The second-order valence-electron chi connectivity index (χ2n) is 5.99. The largest absolute Gasteiger partial charge is 0.356 e. The number of pyridine rings is 1. The number of rotatable bonds is 5. The Morgan fingerprint density at radius 2 is 1.96 bits per heavy atom. The van der Waals surface area contributed by atoms with E-state index in [1.165, 1.54) is 12.1 Å². The number of nitrogens with two attached hydrogens (primary N) is 1. The molecule has 3 aromatic rings. The molecule has 3 rings (SSSR count). The Hall–Kier alpha value is -2.49. The predicted octanol–water partition coefficient (Wildman–Crippen LogP) is 3.06. The van der Waals surface area contributed by atoms with Gasteiger partial charge in [0.05, 0.1) is 11.4 Å². The van der Waals surface area contributed by atoms with Crippen LogP contribution < -0.4 is 10.5 Å². The highest BCUT2D eigenvalue weighted by molar-refractivity contribution is 7.89. The van der Waals surface area contributed by atoms with Crippen LogP contribution in [0.2, 0.25) is 5.02 Å². The van der Waals surface area contributed by atoms with Gasteiger partial charge in [0.2, 0.25) is 0 Å². The molecule has 1 aromatic carbocycles. The van der Waals surface area contributed by atoms with Crippen molar-refractivity contribution in [3.63, 3.8) is 0 Å². The number of hydrogen-bond donors (Lipinski definition) is 3. The molecule has 1 unspecified atom stereocenters. The van der Waals surface area contributed by atoms with E-state index in [0.717, 1.165) is 0 Å². The molecule has 7 nitrogen and oxygen atoms in total. The number of sulfonamides is 1. The third kappa shape index (κ3) is 4.26. The Kier molecular flexibility index (Phi) is 5.18. The van der Waals surface area contributed by atoms with Crippen LogP contribution in [0.5, 0.6) is 0 Å². The van der Waals surface area contributed by atoms with Gasteiger partial charge in [0.25, 0.3) is 10.0 Å². The predicted molar refractivity (Wildman–Crippen MR) is 101 cm³/mol. The zero-order valence-corrected chi connectivity index (χ0v) is 16.1. The summed E-state index contributed by atoms with van der Waals surface area (Å²) in [6.07, 6.45) is 0. The topological polar surface area (TPSA) is 114 Å². The first kappa shape index (κ1) is 19.3. The summed E-state index contributed by atoms with van der Waals surface area (Å²) in [5.41, 5.74) is 1.25. The molecule has 2 heterocycles. The number of primary sulfonamides is 1. The van der Waals surface area contributed by atoms with Crippen molar-refractivity contribution in [1.82, 2.24) is 15.0 Å². The second kappa shape index (κ2) is 7.26. The first-order valence-electron chi connectivity index (χ1n) is 7.89. The molecule has 27 heavy (non-hydrogen) atoms. The molecule has 4 N–H and O–H groups in total. The summed E-state index contributed by atoms with van der Waals surface area (Å²) in [7, 11) is -3.98. The first-order chi connectivity index (χ1) is 12.6. The van der Waals surface area contributed by atoms with Crippen LogP contribution in [-0.4, -0.2) is 23.4 Å². The lowest BCUT2D eigenvalue weighted by Crippen LogP contribution is -2.16. The second-order valence-corrected chi connectivity index (χ2v) is 7.91. The SMILES string of the molecule is Cc1nc(NC(c2cccc(Cl)c2)c2nc(S(N)(=O)=O)c(C)[nH]2)ccc1F. The number of nitrogens with zero attached hydrogens (tertiary/aromatic N) is 2. The highest BCUT2D eigenvalue weighted by Crippen LogP contribution is 2.28. The number of imidazole rings is 1. The Labute approximate surface area is 160 Å². The first-order valence-corrected chi connectivity index (χ1v) is 9.82. The summed E-state index contributed by atoms with van der Waals surface area (Å²) in [4.78, 5) is 11.2. The molecule has 142 valence electrons. The van der Waals surface area contributed by atoms with Crippen LogP contribution in [0, 0.1) is 19.7 Å². The molecule has 2 aromatic heterocycles. The van der Waals surface area contributed by atoms with Crippen molar-refractivity contribution in [3.8, 4) is 0 Å². The summed E-state index contributed by atoms with van der Waals surface area (Å²) in [6, 6.07) is 9.14. The third-order valence-corrected chi connectivity index (χ3v) is 5.07. The lowest BCUT2D eigenvalue weighted by Gasteiger charge is -2.18. The molecule has 0 radical (unpaired) electrons. The molecule has 10 heteroatoms. The number of aromatic nitrogens is 3. The number of anilines is 1. The van der Waals surface area contributed by atoms with Gasteiger partial charge in [-0.3, -0.25) is 0 Å². The lowest BCUT2D eigenvalue weighted by atomic mass is 10.1. The van der Waals surface area contributed by atoms with Crippen LogP contribution in [0.15, 0.2) is 41.4 Å². The van der Waals surface area contributed by atoms with Gasteiger partial charge in [0.15, 0.2) is 5.03 Å². The smallest absolute Gasteiger partial charge is 0.257 e. The zero-order chi connectivity index (χ0) is 19.8. The Morgan fingerprint density at radius 3 is 2.56 bits per heavy atom. The van der Waals surface area contributed by atoms with Crippen LogP contribution in [-0.2, 0) is 10.0 Å². The van der Waals surface area contributed by atoms with Gasteiger partial charge in [-0.15, -0.1) is 0 Å². The number of nitrogens with one attached hydrogen (secondary N) is 2. The number of H-pyrrole nitrogens is 1. The van der Waals surface area contributed by atoms with E-state index in [9.17, 15) is 12.8 Å². The molecule has 1 atom stereocenters. The van der Waals surface area contributed by atoms with E-state index in [0.29, 0.717) is 27.9 Å². The molecule has 0 fully saturated rings. The summed E-state index contributed by atoms with van der Waals surface area (Å²) >= 11 is 6.09.